The number of nitrogens with zero attached hydrogens (tertiary/aromatic N) is 1. The van der Waals surface area contributed by atoms with Gasteiger partial charge in [0.05, 0.1) is 0 Å². The van der Waals surface area contributed by atoms with Gasteiger partial charge >= 0.3 is 0 Å². The molecule has 0 amide bonds. The van der Waals surface area contributed by atoms with Crippen LogP contribution in [0.2, 0.25) is 0 Å². The average molecular weight is 281 g/mol. The smallest absolute Gasteiger partial charge is 0.0428 e. The number of aliphatic hydroxyl groups is 1. The molecule has 0 rings (SSSR count). The van der Waals surface area contributed by atoms with Gasteiger partial charge in [0.2, 0.25) is 0 Å². The van der Waals surface area contributed by atoms with E-state index < -0.39 is 0 Å². The van der Waals surface area contributed by atoms with E-state index in [4.69, 9.17) is 5.11 Å². The molecule has 0 radical (unpaired) electrons. The van der Waals surface area contributed by atoms with Crippen LogP contribution in [-0.4, -0.2) is 23.8 Å². The van der Waals surface area contributed by atoms with Crippen LogP contribution in [0.5, 0.6) is 0 Å². The summed E-state index contributed by atoms with van der Waals surface area (Å²) in [7, 11) is 0. The Morgan fingerprint density at radius 3 is 1.21 bits per heavy atom. The molecule has 0 saturated heterocycles. The summed E-state index contributed by atoms with van der Waals surface area (Å²) in [6.07, 6.45) is 0.875. The Hall–Kier alpha value is 1.21. The van der Waals surface area contributed by atoms with Crippen molar-refractivity contribution >= 4 is 24.8 Å². The maximum Gasteiger partial charge on any atom is 0.0428 e. The van der Waals surface area contributed by atoms with Gasteiger partial charge in [-0.05, 0) is 6.42 Å². The van der Waals surface area contributed by atoms with E-state index in [0.29, 0.717) is 18.7 Å². The van der Waals surface area contributed by atoms with Gasteiger partial charge in [-0.25, -0.2) is 0 Å². The summed E-state index contributed by atoms with van der Waals surface area (Å²) < 4.78 is 0. The molecule has 0 aromatic carbocycles. The van der Waals surface area contributed by atoms with E-state index in [-0.39, 0.29) is 46.5 Å². The molecule has 0 aliphatic rings. The van der Waals surface area contributed by atoms with Gasteiger partial charge in [0.25, 0.3) is 0 Å². The molecule has 0 saturated carbocycles. The van der Waals surface area contributed by atoms with Gasteiger partial charge in [0.1, 0.15) is 0 Å². The first-order chi connectivity index (χ1) is 5.04. The number of rotatable bonds is 3. The van der Waals surface area contributed by atoms with E-state index in [0.717, 1.165) is 6.42 Å². The molecular formula is C9H24Cl2NOTi-. The summed E-state index contributed by atoms with van der Waals surface area (Å²) in [6.45, 7) is 10.6. The Morgan fingerprint density at radius 1 is 1.00 bits per heavy atom. The van der Waals surface area contributed by atoms with Crippen LogP contribution in [0.4, 0.5) is 0 Å². The molecule has 0 unspecified atom stereocenters. The van der Waals surface area contributed by atoms with Crippen molar-refractivity contribution in [2.45, 2.75) is 53.1 Å². The Balaban J connectivity index is -0.0000000347. The molecule has 14 heavy (non-hydrogen) atoms. The fourth-order valence-corrected chi connectivity index (χ4v) is 0.596. The van der Waals surface area contributed by atoms with Crippen molar-refractivity contribution in [3.8, 4) is 0 Å². The van der Waals surface area contributed by atoms with Gasteiger partial charge in [0.15, 0.2) is 0 Å². The Morgan fingerprint density at radius 2 is 1.21 bits per heavy atom. The molecule has 0 aliphatic heterocycles. The van der Waals surface area contributed by atoms with Gasteiger partial charge < -0.3 is 10.4 Å². The van der Waals surface area contributed by atoms with Gasteiger partial charge in [-0.1, -0.05) is 34.6 Å². The minimum Gasteiger partial charge on any atom is -0.658 e. The predicted molar refractivity (Wildman–Crippen MR) is 65.5 cm³/mol. The largest absolute Gasteiger partial charge is 0.658 e. The Bertz CT molecular complexity index is 67.8. The quantitative estimate of drug-likeness (QED) is 0.790. The van der Waals surface area contributed by atoms with Gasteiger partial charge in [-0.3, -0.25) is 0 Å². The van der Waals surface area contributed by atoms with Crippen molar-refractivity contribution < 1.29 is 26.8 Å². The van der Waals surface area contributed by atoms with E-state index >= 15 is 0 Å². The molecular weight excluding hydrogens is 257 g/mol. The first-order valence-electron chi connectivity index (χ1n) is 4.35. The van der Waals surface area contributed by atoms with E-state index in [2.05, 4.69) is 33.0 Å². The first-order valence-corrected chi connectivity index (χ1v) is 4.35. The zero-order chi connectivity index (χ0) is 9.28. The summed E-state index contributed by atoms with van der Waals surface area (Å²) in [5, 5.41) is 12.2. The molecule has 1 N–H and O–H groups in total. The van der Waals surface area contributed by atoms with Crippen molar-refractivity contribution in [2.24, 2.45) is 0 Å². The van der Waals surface area contributed by atoms with Gasteiger partial charge in [-0.15, -0.1) is 36.9 Å². The summed E-state index contributed by atoms with van der Waals surface area (Å²) in [5.41, 5.74) is 0. The minimum absolute atomic E-state index is 0. The van der Waals surface area contributed by atoms with Crippen LogP contribution in [0, 0.1) is 0 Å². The summed E-state index contributed by atoms with van der Waals surface area (Å²) in [4.78, 5) is 0. The zero-order valence-electron chi connectivity index (χ0n) is 9.78. The molecule has 0 spiro atoms. The third-order valence-electron chi connectivity index (χ3n) is 0.820. The van der Waals surface area contributed by atoms with E-state index in [9.17, 15) is 0 Å². The number of aliphatic hydroxyl groups excluding tert-OH is 1. The minimum atomic E-state index is 0. The van der Waals surface area contributed by atoms with Gasteiger partial charge in [-0.2, -0.15) is 0 Å². The SMILES string of the molecule is CC(C)[N-]C(C)C.CCCO.Cl.Cl.[Ti]. The molecule has 0 aromatic heterocycles. The molecule has 0 aromatic rings. The Labute approximate surface area is 116 Å². The fraction of sp³-hybridized carbons (Fsp3) is 1.00. The van der Waals surface area contributed by atoms with Crippen LogP contribution >= 0.6 is 24.8 Å². The molecule has 0 atom stereocenters. The second-order valence-corrected chi connectivity index (χ2v) is 3.06. The van der Waals surface area contributed by atoms with Crippen molar-refractivity contribution in [3.63, 3.8) is 0 Å². The van der Waals surface area contributed by atoms with Crippen LogP contribution in [0.3, 0.4) is 0 Å². The van der Waals surface area contributed by atoms with Crippen LogP contribution in [0.15, 0.2) is 0 Å². The third kappa shape index (κ3) is 51.1. The Kier molecular flexibility index (Phi) is 50.1. The normalized spacial score (nSPS) is 7.71. The van der Waals surface area contributed by atoms with Crippen molar-refractivity contribution in [1.29, 1.82) is 0 Å². The topological polar surface area (TPSA) is 34.3 Å². The number of hydrogen-bond donors (Lipinski definition) is 1. The van der Waals surface area contributed by atoms with E-state index in [1.807, 2.05) is 6.92 Å². The maximum absolute atomic E-state index is 7.88. The second kappa shape index (κ2) is 23.8. The fourth-order valence-electron chi connectivity index (χ4n) is 0.596. The summed E-state index contributed by atoms with van der Waals surface area (Å²) in [5.74, 6) is 0. The number of halogens is 2. The molecule has 0 aliphatic carbocycles. The summed E-state index contributed by atoms with van der Waals surface area (Å²) in [6, 6.07) is 1.000. The predicted octanol–water partition coefficient (Wildman–Crippen LogP) is 3.41. The van der Waals surface area contributed by atoms with E-state index in [1.165, 1.54) is 0 Å². The molecule has 5 heteroatoms. The molecule has 0 heterocycles. The van der Waals surface area contributed by atoms with Crippen molar-refractivity contribution in [1.82, 2.24) is 0 Å². The standard InChI is InChI=1S/C6H14N.C3H8O.2ClH.Ti/c1-5(2)7-6(3)4;1-2-3-4;;;/h5-6H,1-4H3;4H,2-3H2,1H3;2*1H;/q-1;;;;. The van der Waals surface area contributed by atoms with Gasteiger partial charge in [0, 0.05) is 28.3 Å². The zero-order valence-corrected chi connectivity index (χ0v) is 13.0. The summed E-state index contributed by atoms with van der Waals surface area (Å²) >= 11 is 0. The van der Waals surface area contributed by atoms with Crippen molar-refractivity contribution in [3.05, 3.63) is 5.32 Å². The average Bonchev–Trinajstić information content (AvgIpc) is 1.85. The third-order valence-corrected chi connectivity index (χ3v) is 0.820. The monoisotopic (exact) mass is 280 g/mol. The van der Waals surface area contributed by atoms with Crippen LogP contribution < -0.4 is 0 Å². The molecule has 90 valence electrons. The van der Waals surface area contributed by atoms with Crippen LogP contribution in [-0.2, 0) is 21.7 Å². The molecule has 0 fully saturated rings. The molecule has 0 bridgehead atoms. The van der Waals surface area contributed by atoms with E-state index in [1.54, 1.807) is 0 Å². The van der Waals surface area contributed by atoms with Crippen LogP contribution in [0.25, 0.3) is 5.32 Å². The van der Waals surface area contributed by atoms with Crippen LogP contribution in [0.1, 0.15) is 41.0 Å². The molecule has 2 nitrogen and oxygen atoms in total. The maximum atomic E-state index is 7.88. The number of hydrogen-bond acceptors (Lipinski definition) is 1. The second-order valence-electron chi connectivity index (χ2n) is 3.06. The van der Waals surface area contributed by atoms with Crippen molar-refractivity contribution in [2.75, 3.05) is 6.61 Å². The first kappa shape index (κ1) is 29.5.